The van der Waals surface area contributed by atoms with Crippen LogP contribution in [0.4, 0.5) is 0 Å². The predicted octanol–water partition coefficient (Wildman–Crippen LogP) is 2.80. The summed E-state index contributed by atoms with van der Waals surface area (Å²) in [4.78, 5) is 0. The fraction of sp³-hybridized carbons (Fsp3) is 0.571. The molecule has 18 heavy (non-hydrogen) atoms. The maximum absolute atomic E-state index is 10.2. The molecule has 4 heteroatoms. The second-order valence-electron chi connectivity index (χ2n) is 4.68. The molecule has 0 unspecified atom stereocenters. The standard InChI is InChI=1S/C14H21NO2.ClH/c1-2-10-4-3-5-12(14(10)16)13(15)11-6-8-17-9-7-11;/h3-5,11,13,16H,2,6-9,15H2,1H3;1H/t13-;/m1./s1. The Bertz CT molecular complexity index is 378. The molecule has 102 valence electrons. The summed E-state index contributed by atoms with van der Waals surface area (Å²) in [6, 6.07) is 5.79. The third-order valence-corrected chi connectivity index (χ3v) is 3.66. The molecule has 0 spiro atoms. The molecule has 1 aromatic carbocycles. The summed E-state index contributed by atoms with van der Waals surface area (Å²) < 4.78 is 5.34. The molecule has 1 aliphatic rings. The van der Waals surface area contributed by atoms with Gasteiger partial charge in [-0.05, 0) is 30.7 Å². The number of phenols is 1. The maximum atomic E-state index is 10.2. The highest BCUT2D eigenvalue weighted by molar-refractivity contribution is 5.85. The molecule has 1 fully saturated rings. The monoisotopic (exact) mass is 271 g/mol. The van der Waals surface area contributed by atoms with Crippen LogP contribution < -0.4 is 5.73 Å². The molecule has 1 aliphatic heterocycles. The second-order valence-corrected chi connectivity index (χ2v) is 4.68. The molecule has 1 saturated heterocycles. The molecule has 0 radical (unpaired) electrons. The van der Waals surface area contributed by atoms with Crippen LogP contribution in [0.15, 0.2) is 18.2 Å². The van der Waals surface area contributed by atoms with Gasteiger partial charge in [0.15, 0.2) is 0 Å². The summed E-state index contributed by atoms with van der Waals surface area (Å²) in [5.41, 5.74) is 8.14. The van der Waals surface area contributed by atoms with Crippen molar-refractivity contribution in [3.8, 4) is 5.75 Å². The third kappa shape index (κ3) is 3.16. The van der Waals surface area contributed by atoms with Gasteiger partial charge in [0, 0.05) is 24.8 Å². The molecule has 3 N–H and O–H groups in total. The lowest BCUT2D eigenvalue weighted by Gasteiger charge is -2.28. The van der Waals surface area contributed by atoms with E-state index >= 15 is 0 Å². The van der Waals surface area contributed by atoms with E-state index in [1.54, 1.807) is 0 Å². The van der Waals surface area contributed by atoms with Crippen molar-refractivity contribution in [2.75, 3.05) is 13.2 Å². The van der Waals surface area contributed by atoms with Crippen LogP contribution in [0, 0.1) is 5.92 Å². The number of halogens is 1. The first-order valence-electron chi connectivity index (χ1n) is 6.38. The lowest BCUT2D eigenvalue weighted by atomic mass is 9.86. The molecule has 1 aromatic rings. The van der Waals surface area contributed by atoms with E-state index in [0.29, 0.717) is 11.7 Å². The normalized spacial score (nSPS) is 18.1. The molecular formula is C14H22ClNO2. The average molecular weight is 272 g/mol. The molecule has 0 aromatic heterocycles. The number of hydrogen-bond acceptors (Lipinski definition) is 3. The molecule has 1 heterocycles. The van der Waals surface area contributed by atoms with Gasteiger partial charge < -0.3 is 15.6 Å². The van der Waals surface area contributed by atoms with E-state index in [0.717, 1.165) is 43.6 Å². The summed E-state index contributed by atoms with van der Waals surface area (Å²) in [6.45, 7) is 3.61. The Labute approximate surface area is 115 Å². The minimum absolute atomic E-state index is 0. The van der Waals surface area contributed by atoms with Crippen LogP contribution in [0.2, 0.25) is 0 Å². The zero-order valence-electron chi connectivity index (χ0n) is 10.8. The Kier molecular flexibility index (Phi) is 5.93. The van der Waals surface area contributed by atoms with Gasteiger partial charge in [0.1, 0.15) is 5.75 Å². The number of rotatable bonds is 3. The van der Waals surface area contributed by atoms with Crippen LogP contribution in [0.5, 0.6) is 5.75 Å². The van der Waals surface area contributed by atoms with Gasteiger partial charge in [-0.2, -0.15) is 0 Å². The van der Waals surface area contributed by atoms with E-state index in [-0.39, 0.29) is 18.4 Å². The first kappa shape index (κ1) is 15.3. The highest BCUT2D eigenvalue weighted by Crippen LogP contribution is 2.34. The van der Waals surface area contributed by atoms with Gasteiger partial charge in [0.25, 0.3) is 0 Å². The highest BCUT2D eigenvalue weighted by Gasteiger charge is 2.24. The second kappa shape index (κ2) is 6.98. The number of nitrogens with two attached hydrogens (primary N) is 1. The zero-order chi connectivity index (χ0) is 12.3. The van der Waals surface area contributed by atoms with Crippen molar-refractivity contribution < 1.29 is 9.84 Å². The highest BCUT2D eigenvalue weighted by atomic mass is 35.5. The fourth-order valence-electron chi connectivity index (χ4n) is 2.49. The van der Waals surface area contributed by atoms with Crippen molar-refractivity contribution in [1.82, 2.24) is 0 Å². The molecule has 0 aliphatic carbocycles. The number of hydrogen-bond donors (Lipinski definition) is 2. The van der Waals surface area contributed by atoms with Gasteiger partial charge in [-0.15, -0.1) is 12.4 Å². The minimum Gasteiger partial charge on any atom is -0.507 e. The van der Waals surface area contributed by atoms with E-state index < -0.39 is 0 Å². The molecule has 0 amide bonds. The predicted molar refractivity (Wildman–Crippen MR) is 75.2 cm³/mol. The van der Waals surface area contributed by atoms with Crippen molar-refractivity contribution in [3.05, 3.63) is 29.3 Å². The van der Waals surface area contributed by atoms with Gasteiger partial charge in [-0.25, -0.2) is 0 Å². The Hall–Kier alpha value is -0.770. The van der Waals surface area contributed by atoms with Gasteiger partial charge in [0.2, 0.25) is 0 Å². The van der Waals surface area contributed by atoms with Gasteiger partial charge in [0.05, 0.1) is 0 Å². The third-order valence-electron chi connectivity index (χ3n) is 3.66. The first-order chi connectivity index (χ1) is 8.24. The molecule has 0 bridgehead atoms. The van der Waals surface area contributed by atoms with Crippen LogP contribution in [0.3, 0.4) is 0 Å². The average Bonchev–Trinajstić information content (AvgIpc) is 2.39. The summed E-state index contributed by atoms with van der Waals surface area (Å²) >= 11 is 0. The topological polar surface area (TPSA) is 55.5 Å². The van der Waals surface area contributed by atoms with Crippen LogP contribution in [0.25, 0.3) is 0 Å². The Balaban J connectivity index is 0.00000162. The molecule has 2 rings (SSSR count). The van der Waals surface area contributed by atoms with Crippen LogP contribution in [0.1, 0.15) is 36.9 Å². The van der Waals surface area contributed by atoms with E-state index in [1.807, 2.05) is 25.1 Å². The van der Waals surface area contributed by atoms with Gasteiger partial charge in [-0.3, -0.25) is 0 Å². The van der Waals surface area contributed by atoms with E-state index in [1.165, 1.54) is 0 Å². The van der Waals surface area contributed by atoms with E-state index in [4.69, 9.17) is 10.5 Å². The number of ether oxygens (including phenoxy) is 1. The number of benzene rings is 1. The molecular weight excluding hydrogens is 250 g/mol. The summed E-state index contributed by atoms with van der Waals surface area (Å²) in [5, 5.41) is 10.2. The largest absolute Gasteiger partial charge is 0.507 e. The fourth-order valence-corrected chi connectivity index (χ4v) is 2.49. The Morgan fingerprint density at radius 2 is 2.06 bits per heavy atom. The minimum atomic E-state index is -0.0783. The quantitative estimate of drug-likeness (QED) is 0.889. The van der Waals surface area contributed by atoms with Crippen LogP contribution >= 0.6 is 12.4 Å². The number of para-hydroxylation sites is 1. The smallest absolute Gasteiger partial charge is 0.123 e. The summed E-state index contributed by atoms with van der Waals surface area (Å²) in [6.07, 6.45) is 2.80. The van der Waals surface area contributed by atoms with Crippen molar-refractivity contribution in [2.24, 2.45) is 11.7 Å². The van der Waals surface area contributed by atoms with Crippen molar-refractivity contribution in [1.29, 1.82) is 0 Å². The summed E-state index contributed by atoms with van der Waals surface area (Å²) in [5.74, 6) is 0.802. The zero-order valence-corrected chi connectivity index (χ0v) is 11.6. The molecule has 0 saturated carbocycles. The lowest BCUT2D eigenvalue weighted by molar-refractivity contribution is 0.0581. The van der Waals surface area contributed by atoms with Crippen LogP contribution in [-0.2, 0) is 11.2 Å². The lowest BCUT2D eigenvalue weighted by Crippen LogP contribution is -2.27. The summed E-state index contributed by atoms with van der Waals surface area (Å²) in [7, 11) is 0. The number of aromatic hydroxyl groups is 1. The van der Waals surface area contributed by atoms with Crippen molar-refractivity contribution in [2.45, 2.75) is 32.2 Å². The number of phenolic OH excluding ortho intramolecular Hbond substituents is 1. The Morgan fingerprint density at radius 3 is 2.67 bits per heavy atom. The van der Waals surface area contributed by atoms with Gasteiger partial charge in [-0.1, -0.05) is 25.1 Å². The van der Waals surface area contributed by atoms with Crippen molar-refractivity contribution in [3.63, 3.8) is 0 Å². The van der Waals surface area contributed by atoms with Crippen molar-refractivity contribution >= 4 is 12.4 Å². The molecule has 1 atom stereocenters. The van der Waals surface area contributed by atoms with Gasteiger partial charge >= 0.3 is 0 Å². The SMILES string of the molecule is CCc1cccc([C@H](N)C2CCOCC2)c1O.Cl. The van der Waals surface area contributed by atoms with E-state index in [9.17, 15) is 5.11 Å². The van der Waals surface area contributed by atoms with Crippen LogP contribution in [-0.4, -0.2) is 18.3 Å². The van der Waals surface area contributed by atoms with E-state index in [2.05, 4.69) is 0 Å². The Morgan fingerprint density at radius 1 is 1.39 bits per heavy atom. The molecule has 3 nitrogen and oxygen atoms in total. The number of aryl methyl sites for hydroxylation is 1. The maximum Gasteiger partial charge on any atom is 0.123 e. The first-order valence-corrected chi connectivity index (χ1v) is 6.38.